The molecule has 1 aromatic rings. The number of guanidine groups is 1. The zero-order valence-corrected chi connectivity index (χ0v) is 16.6. The van der Waals surface area contributed by atoms with Gasteiger partial charge >= 0.3 is 0 Å². The lowest BCUT2D eigenvalue weighted by Crippen LogP contribution is -2.72. The summed E-state index contributed by atoms with van der Waals surface area (Å²) in [6.45, 7) is 5.41. The van der Waals surface area contributed by atoms with Crippen molar-refractivity contribution in [3.8, 4) is 0 Å². The molecule has 2 aliphatic carbocycles. The third-order valence-electron chi connectivity index (χ3n) is 6.68. The van der Waals surface area contributed by atoms with Crippen molar-refractivity contribution >= 4 is 5.96 Å². The van der Waals surface area contributed by atoms with Crippen LogP contribution in [0.2, 0.25) is 0 Å². The summed E-state index contributed by atoms with van der Waals surface area (Å²) >= 11 is 0. The van der Waals surface area contributed by atoms with Crippen LogP contribution in [0.3, 0.4) is 0 Å². The van der Waals surface area contributed by atoms with Crippen LogP contribution in [0.25, 0.3) is 0 Å². The van der Waals surface area contributed by atoms with Crippen molar-refractivity contribution in [3.05, 3.63) is 35.9 Å². The smallest absolute Gasteiger partial charge is 0.191 e. The first-order valence-corrected chi connectivity index (χ1v) is 10.4. The molecule has 1 spiro atoms. The van der Waals surface area contributed by atoms with Crippen LogP contribution in [0, 0.1) is 17.3 Å². The molecule has 0 amide bonds. The Balaban J connectivity index is 1.20. The molecule has 5 nitrogen and oxygen atoms in total. The van der Waals surface area contributed by atoms with Gasteiger partial charge in [-0.05, 0) is 30.7 Å². The second kappa shape index (κ2) is 8.19. The summed E-state index contributed by atoms with van der Waals surface area (Å²) in [7, 11) is 1.86. The molecule has 1 aliphatic heterocycles. The Morgan fingerprint density at radius 1 is 1.33 bits per heavy atom. The number of ether oxygens (including phenoxy) is 2. The average Bonchev–Trinajstić information content (AvgIpc) is 3.06. The Kier molecular flexibility index (Phi) is 5.69. The van der Waals surface area contributed by atoms with Crippen LogP contribution >= 0.6 is 0 Å². The predicted molar refractivity (Wildman–Crippen MR) is 108 cm³/mol. The number of benzene rings is 1. The van der Waals surface area contributed by atoms with Gasteiger partial charge in [-0.15, -0.1) is 0 Å². The van der Waals surface area contributed by atoms with Gasteiger partial charge in [-0.3, -0.25) is 4.99 Å². The zero-order chi connectivity index (χ0) is 18.7. The number of fused-ring (bicyclic) bond motifs is 2. The zero-order valence-electron chi connectivity index (χ0n) is 16.6. The van der Waals surface area contributed by atoms with Crippen molar-refractivity contribution in [2.75, 3.05) is 26.8 Å². The maximum atomic E-state index is 6.02. The van der Waals surface area contributed by atoms with Gasteiger partial charge in [0.05, 0.1) is 19.3 Å². The Morgan fingerprint density at radius 3 is 2.85 bits per heavy atom. The van der Waals surface area contributed by atoms with Gasteiger partial charge in [0, 0.05) is 37.6 Å². The molecule has 0 aromatic heterocycles. The second-order valence-electron chi connectivity index (χ2n) is 8.51. The molecule has 5 heteroatoms. The van der Waals surface area contributed by atoms with E-state index in [1.807, 2.05) is 13.1 Å². The predicted octanol–water partition coefficient (Wildman–Crippen LogP) is 2.96. The first-order valence-electron chi connectivity index (χ1n) is 10.4. The summed E-state index contributed by atoms with van der Waals surface area (Å²) in [4.78, 5) is 4.46. The number of hydrogen-bond donors (Lipinski definition) is 2. The van der Waals surface area contributed by atoms with Crippen LogP contribution < -0.4 is 10.6 Å². The van der Waals surface area contributed by atoms with Gasteiger partial charge < -0.3 is 20.1 Å². The van der Waals surface area contributed by atoms with E-state index in [0.717, 1.165) is 25.7 Å². The number of rotatable bonds is 7. The highest BCUT2D eigenvalue weighted by atomic mass is 16.5. The van der Waals surface area contributed by atoms with Gasteiger partial charge in [0.25, 0.3) is 0 Å². The van der Waals surface area contributed by atoms with Crippen molar-refractivity contribution in [2.24, 2.45) is 22.2 Å². The topological polar surface area (TPSA) is 54.9 Å². The molecule has 1 heterocycles. The summed E-state index contributed by atoms with van der Waals surface area (Å²) < 4.78 is 11.9. The molecule has 148 valence electrons. The molecule has 2 saturated carbocycles. The Bertz CT molecular complexity index is 644. The Hall–Kier alpha value is -1.59. The number of nitrogens with one attached hydrogen (secondary N) is 2. The van der Waals surface area contributed by atoms with Gasteiger partial charge in [-0.25, -0.2) is 0 Å². The molecule has 4 atom stereocenters. The first kappa shape index (κ1) is 18.8. The van der Waals surface area contributed by atoms with E-state index in [4.69, 9.17) is 9.47 Å². The summed E-state index contributed by atoms with van der Waals surface area (Å²) in [6, 6.07) is 10.9. The van der Waals surface area contributed by atoms with Gasteiger partial charge in [0.2, 0.25) is 0 Å². The van der Waals surface area contributed by atoms with Crippen LogP contribution in [-0.4, -0.2) is 44.9 Å². The van der Waals surface area contributed by atoms with Crippen LogP contribution in [0.5, 0.6) is 0 Å². The number of aliphatic imine (C=N–C) groups is 1. The van der Waals surface area contributed by atoms with E-state index in [-0.39, 0.29) is 0 Å². The highest BCUT2D eigenvalue weighted by molar-refractivity contribution is 5.80. The molecule has 3 aliphatic rings. The summed E-state index contributed by atoms with van der Waals surface area (Å²) in [6.07, 6.45) is 5.61. The van der Waals surface area contributed by atoms with Crippen molar-refractivity contribution in [1.82, 2.24) is 10.6 Å². The molecule has 2 N–H and O–H groups in total. The minimum absolute atomic E-state index is 0.378. The first-order chi connectivity index (χ1) is 13.2. The highest BCUT2D eigenvalue weighted by Gasteiger charge is 2.66. The van der Waals surface area contributed by atoms with E-state index in [2.05, 4.69) is 46.8 Å². The van der Waals surface area contributed by atoms with Crippen molar-refractivity contribution < 1.29 is 9.47 Å². The fourth-order valence-corrected chi connectivity index (χ4v) is 5.08. The van der Waals surface area contributed by atoms with Crippen LogP contribution in [0.4, 0.5) is 0 Å². The van der Waals surface area contributed by atoms with E-state index in [9.17, 15) is 0 Å². The third kappa shape index (κ3) is 3.72. The summed E-state index contributed by atoms with van der Waals surface area (Å²) in [5, 5.41) is 7.22. The van der Waals surface area contributed by atoms with Crippen molar-refractivity contribution in [1.29, 1.82) is 0 Å². The lowest BCUT2D eigenvalue weighted by molar-refractivity contribution is -0.171. The molecular weight excluding hydrogens is 338 g/mol. The average molecular weight is 372 g/mol. The van der Waals surface area contributed by atoms with Crippen molar-refractivity contribution in [3.63, 3.8) is 0 Å². The molecule has 1 saturated heterocycles. The van der Waals surface area contributed by atoms with Gasteiger partial charge in [-0.2, -0.15) is 0 Å². The highest BCUT2D eigenvalue weighted by Crippen LogP contribution is 2.62. The summed E-state index contributed by atoms with van der Waals surface area (Å²) in [5.41, 5.74) is 1.60. The monoisotopic (exact) mass is 371 g/mol. The van der Waals surface area contributed by atoms with Crippen LogP contribution in [-0.2, 0) is 16.1 Å². The lowest BCUT2D eigenvalue weighted by atomic mass is 9.46. The molecule has 27 heavy (non-hydrogen) atoms. The molecule has 1 aromatic carbocycles. The fourth-order valence-electron chi connectivity index (χ4n) is 5.08. The Labute approximate surface area is 162 Å². The summed E-state index contributed by atoms with van der Waals surface area (Å²) in [5.74, 6) is 2.01. The SMILES string of the molecule is CN=C(NCC(C)COCc1ccccc1)NC1C2CCOC2C12CCC2. The number of nitrogens with zero attached hydrogens (tertiary/aromatic N) is 1. The minimum Gasteiger partial charge on any atom is -0.377 e. The molecular formula is C22H33N3O2. The van der Waals surface area contributed by atoms with Crippen LogP contribution in [0.15, 0.2) is 35.3 Å². The van der Waals surface area contributed by atoms with Gasteiger partial charge in [0.15, 0.2) is 5.96 Å². The maximum Gasteiger partial charge on any atom is 0.191 e. The molecule has 0 radical (unpaired) electrons. The second-order valence-corrected chi connectivity index (χ2v) is 8.51. The molecule has 4 rings (SSSR count). The van der Waals surface area contributed by atoms with E-state index >= 15 is 0 Å². The van der Waals surface area contributed by atoms with Crippen LogP contribution in [0.1, 0.15) is 38.2 Å². The van der Waals surface area contributed by atoms with Gasteiger partial charge in [-0.1, -0.05) is 43.7 Å². The minimum atomic E-state index is 0.378. The molecule has 0 bridgehead atoms. The van der Waals surface area contributed by atoms with E-state index < -0.39 is 0 Å². The van der Waals surface area contributed by atoms with E-state index in [0.29, 0.717) is 36.0 Å². The lowest BCUT2D eigenvalue weighted by Gasteiger charge is -2.63. The Morgan fingerprint density at radius 2 is 2.15 bits per heavy atom. The normalized spacial score (nSPS) is 29.6. The maximum absolute atomic E-state index is 6.02. The largest absolute Gasteiger partial charge is 0.377 e. The standard InChI is InChI=1S/C22H33N3O2/c1-16(14-26-15-17-7-4-3-5-8-17)13-24-21(23-2)25-19-18-9-12-27-20(18)22(19)10-6-11-22/h3-5,7-8,16,18-20H,6,9-15H2,1-2H3,(H2,23,24,25). The molecule has 3 fully saturated rings. The quantitative estimate of drug-likeness (QED) is 0.572. The van der Waals surface area contributed by atoms with E-state index in [1.165, 1.54) is 31.2 Å². The number of hydrogen-bond acceptors (Lipinski definition) is 3. The fraction of sp³-hybridized carbons (Fsp3) is 0.682. The molecule has 4 unspecified atom stereocenters. The van der Waals surface area contributed by atoms with E-state index in [1.54, 1.807) is 0 Å². The van der Waals surface area contributed by atoms with Crippen molar-refractivity contribution in [2.45, 2.75) is 51.4 Å². The van der Waals surface area contributed by atoms with Gasteiger partial charge in [0.1, 0.15) is 0 Å². The third-order valence-corrected chi connectivity index (χ3v) is 6.68.